The molecule has 2 heteroatoms. The smallest absolute Gasteiger partial charge is 0.243 e. The molecule has 0 bridgehead atoms. The summed E-state index contributed by atoms with van der Waals surface area (Å²) in [6, 6.07) is 9.81. The zero-order chi connectivity index (χ0) is 11.8. The summed E-state index contributed by atoms with van der Waals surface area (Å²) in [6.07, 6.45) is 4.42. The van der Waals surface area contributed by atoms with Crippen LogP contribution in [0.5, 0.6) is 0 Å². The van der Waals surface area contributed by atoms with Crippen molar-refractivity contribution < 1.29 is 4.79 Å². The number of amides is 1. The van der Waals surface area contributed by atoms with Crippen molar-refractivity contribution in [3.05, 3.63) is 42.0 Å². The largest absolute Gasteiger partial charge is 0.353 e. The standard InChI is InChI=1S/C14H19NO/c1-12(2)10-11-15-14(16)9-8-13-6-4-3-5-7-13/h3-9,12H,10-11H2,1-2H3,(H,15,16)/b9-8+. The predicted octanol–water partition coefficient (Wildman–Crippen LogP) is 2.86. The van der Waals surface area contributed by atoms with Gasteiger partial charge in [0, 0.05) is 12.6 Å². The molecule has 0 unspecified atom stereocenters. The first-order chi connectivity index (χ1) is 7.68. The molecule has 1 rings (SSSR count). The highest BCUT2D eigenvalue weighted by atomic mass is 16.1. The van der Waals surface area contributed by atoms with Gasteiger partial charge in [0.05, 0.1) is 0 Å². The first-order valence-corrected chi connectivity index (χ1v) is 5.69. The van der Waals surface area contributed by atoms with E-state index in [2.05, 4.69) is 19.2 Å². The van der Waals surface area contributed by atoms with Crippen LogP contribution in [0.15, 0.2) is 36.4 Å². The van der Waals surface area contributed by atoms with Crippen LogP contribution in [0, 0.1) is 5.92 Å². The van der Waals surface area contributed by atoms with Gasteiger partial charge in [0.1, 0.15) is 0 Å². The molecule has 0 saturated heterocycles. The van der Waals surface area contributed by atoms with Gasteiger partial charge in [-0.25, -0.2) is 0 Å². The third kappa shape index (κ3) is 5.35. The molecule has 0 atom stereocenters. The molecular formula is C14H19NO. The molecule has 0 saturated carbocycles. The van der Waals surface area contributed by atoms with Crippen molar-refractivity contribution in [3.8, 4) is 0 Å². The molecule has 0 aliphatic heterocycles. The van der Waals surface area contributed by atoms with Crippen LogP contribution in [0.4, 0.5) is 0 Å². The molecule has 16 heavy (non-hydrogen) atoms. The highest BCUT2D eigenvalue weighted by Gasteiger charge is 1.96. The van der Waals surface area contributed by atoms with Gasteiger partial charge in [0.2, 0.25) is 5.91 Å². The van der Waals surface area contributed by atoms with Crippen molar-refractivity contribution in [1.82, 2.24) is 5.32 Å². The summed E-state index contributed by atoms with van der Waals surface area (Å²) in [5.74, 6) is 0.600. The molecule has 1 aromatic carbocycles. The molecule has 1 amide bonds. The SMILES string of the molecule is CC(C)CCNC(=O)/C=C/c1ccccc1. The Bertz CT molecular complexity index is 341. The van der Waals surface area contributed by atoms with Gasteiger partial charge in [-0.2, -0.15) is 0 Å². The van der Waals surface area contributed by atoms with Gasteiger partial charge in [0.15, 0.2) is 0 Å². The van der Waals surface area contributed by atoms with Gasteiger partial charge in [-0.1, -0.05) is 44.2 Å². The van der Waals surface area contributed by atoms with E-state index in [1.165, 1.54) is 0 Å². The first kappa shape index (κ1) is 12.5. The average Bonchev–Trinajstić information content (AvgIpc) is 2.27. The van der Waals surface area contributed by atoms with Crippen LogP contribution in [0.2, 0.25) is 0 Å². The van der Waals surface area contributed by atoms with E-state index >= 15 is 0 Å². The van der Waals surface area contributed by atoms with Crippen molar-refractivity contribution in [1.29, 1.82) is 0 Å². The van der Waals surface area contributed by atoms with Crippen molar-refractivity contribution in [2.75, 3.05) is 6.54 Å². The fourth-order valence-corrected chi connectivity index (χ4v) is 1.28. The summed E-state index contributed by atoms with van der Waals surface area (Å²) in [6.45, 7) is 5.04. The lowest BCUT2D eigenvalue weighted by Gasteiger charge is -2.04. The number of hydrogen-bond acceptors (Lipinski definition) is 1. The summed E-state index contributed by atoms with van der Waals surface area (Å²) in [5, 5.41) is 2.86. The lowest BCUT2D eigenvalue weighted by atomic mass is 10.1. The number of benzene rings is 1. The fourth-order valence-electron chi connectivity index (χ4n) is 1.28. The first-order valence-electron chi connectivity index (χ1n) is 5.69. The molecule has 2 nitrogen and oxygen atoms in total. The predicted molar refractivity (Wildman–Crippen MR) is 67.9 cm³/mol. The topological polar surface area (TPSA) is 29.1 Å². The van der Waals surface area contributed by atoms with Gasteiger partial charge < -0.3 is 5.32 Å². The summed E-state index contributed by atoms with van der Waals surface area (Å²) >= 11 is 0. The Hall–Kier alpha value is -1.57. The van der Waals surface area contributed by atoms with E-state index in [1.807, 2.05) is 36.4 Å². The minimum absolute atomic E-state index is 0.0236. The van der Waals surface area contributed by atoms with Gasteiger partial charge >= 0.3 is 0 Å². The van der Waals surface area contributed by atoms with E-state index in [-0.39, 0.29) is 5.91 Å². The molecule has 1 aromatic rings. The van der Waals surface area contributed by atoms with Gasteiger partial charge in [-0.15, -0.1) is 0 Å². The molecule has 0 aliphatic rings. The lowest BCUT2D eigenvalue weighted by molar-refractivity contribution is -0.116. The summed E-state index contributed by atoms with van der Waals surface area (Å²) in [5.41, 5.74) is 1.04. The summed E-state index contributed by atoms with van der Waals surface area (Å²) in [4.78, 5) is 11.4. The highest BCUT2D eigenvalue weighted by molar-refractivity contribution is 5.91. The summed E-state index contributed by atoms with van der Waals surface area (Å²) < 4.78 is 0. The van der Waals surface area contributed by atoms with Gasteiger partial charge in [-0.05, 0) is 24.0 Å². The molecule has 0 radical (unpaired) electrons. The van der Waals surface area contributed by atoms with E-state index in [0.29, 0.717) is 5.92 Å². The number of carbonyl (C=O) groups excluding carboxylic acids is 1. The molecule has 0 aliphatic carbocycles. The maximum atomic E-state index is 11.4. The monoisotopic (exact) mass is 217 g/mol. The third-order valence-electron chi connectivity index (χ3n) is 2.25. The highest BCUT2D eigenvalue weighted by Crippen LogP contribution is 2.00. The molecule has 0 spiro atoms. The third-order valence-corrected chi connectivity index (χ3v) is 2.25. The Balaban J connectivity index is 2.32. The summed E-state index contributed by atoms with van der Waals surface area (Å²) in [7, 11) is 0. The van der Waals surface area contributed by atoms with Crippen molar-refractivity contribution in [3.63, 3.8) is 0 Å². The number of rotatable bonds is 5. The van der Waals surface area contributed by atoms with Crippen LogP contribution >= 0.6 is 0 Å². The fraction of sp³-hybridized carbons (Fsp3) is 0.357. The van der Waals surface area contributed by atoms with E-state index in [4.69, 9.17) is 0 Å². The number of hydrogen-bond donors (Lipinski definition) is 1. The van der Waals surface area contributed by atoms with Crippen LogP contribution in [0.3, 0.4) is 0 Å². The van der Waals surface area contributed by atoms with Crippen LogP contribution in [-0.2, 0) is 4.79 Å². The Labute approximate surface area is 97.4 Å². The van der Waals surface area contributed by atoms with Gasteiger partial charge in [0.25, 0.3) is 0 Å². The second-order valence-corrected chi connectivity index (χ2v) is 4.22. The number of nitrogens with one attached hydrogen (secondary N) is 1. The van der Waals surface area contributed by atoms with Crippen LogP contribution < -0.4 is 5.32 Å². The maximum absolute atomic E-state index is 11.4. The van der Waals surface area contributed by atoms with Crippen LogP contribution in [-0.4, -0.2) is 12.5 Å². The molecule has 0 fully saturated rings. The van der Waals surface area contributed by atoms with Crippen LogP contribution in [0.25, 0.3) is 6.08 Å². The van der Waals surface area contributed by atoms with E-state index in [9.17, 15) is 4.79 Å². The minimum atomic E-state index is -0.0236. The Kier molecular flexibility index (Phi) is 5.34. The van der Waals surface area contributed by atoms with E-state index in [0.717, 1.165) is 18.5 Å². The number of carbonyl (C=O) groups is 1. The van der Waals surface area contributed by atoms with Crippen molar-refractivity contribution in [2.24, 2.45) is 5.92 Å². The second kappa shape index (κ2) is 6.83. The van der Waals surface area contributed by atoms with Gasteiger partial charge in [-0.3, -0.25) is 4.79 Å². The Morgan fingerprint density at radius 3 is 2.62 bits per heavy atom. The molecule has 86 valence electrons. The molecule has 1 N–H and O–H groups in total. The maximum Gasteiger partial charge on any atom is 0.243 e. The Morgan fingerprint density at radius 1 is 1.31 bits per heavy atom. The zero-order valence-electron chi connectivity index (χ0n) is 9.94. The molecule has 0 aromatic heterocycles. The molecule has 0 heterocycles. The minimum Gasteiger partial charge on any atom is -0.353 e. The van der Waals surface area contributed by atoms with E-state index < -0.39 is 0 Å². The van der Waals surface area contributed by atoms with Crippen molar-refractivity contribution >= 4 is 12.0 Å². The normalized spacial score (nSPS) is 10.9. The zero-order valence-corrected chi connectivity index (χ0v) is 9.94. The quantitative estimate of drug-likeness (QED) is 0.755. The average molecular weight is 217 g/mol. The molecular weight excluding hydrogens is 198 g/mol. The second-order valence-electron chi connectivity index (χ2n) is 4.22. The van der Waals surface area contributed by atoms with E-state index in [1.54, 1.807) is 6.08 Å². The van der Waals surface area contributed by atoms with Crippen molar-refractivity contribution in [2.45, 2.75) is 20.3 Å². The lowest BCUT2D eigenvalue weighted by Crippen LogP contribution is -2.23. The van der Waals surface area contributed by atoms with Crippen LogP contribution in [0.1, 0.15) is 25.8 Å². The Morgan fingerprint density at radius 2 is 2.00 bits per heavy atom.